The Kier molecular flexibility index (Phi) is 3.72. The first-order valence-electron chi connectivity index (χ1n) is 6.94. The number of rotatable bonds is 6. The highest BCUT2D eigenvalue weighted by Gasteiger charge is 2.41. The first kappa shape index (κ1) is 13.3. The molecule has 0 saturated heterocycles. The van der Waals surface area contributed by atoms with Gasteiger partial charge in [0, 0.05) is 22.2 Å². The van der Waals surface area contributed by atoms with E-state index < -0.39 is 0 Å². The molecule has 0 aliphatic heterocycles. The summed E-state index contributed by atoms with van der Waals surface area (Å²) in [6.07, 6.45) is 7.56. The van der Waals surface area contributed by atoms with Crippen LogP contribution in [0, 0.1) is 11.8 Å². The standard InChI is InChI=1S/C15H20N2S2/c1-19-12-4-2-3-11(13(12)15(16)18)17-14(9-5-6-9)10-7-8-10/h2-4,9-10,14,17H,5-8H2,1H3,(H2,16,18). The fourth-order valence-electron chi connectivity index (χ4n) is 2.79. The molecule has 0 radical (unpaired) electrons. The second kappa shape index (κ2) is 5.33. The molecule has 0 spiro atoms. The third-order valence-corrected chi connectivity index (χ3v) is 5.06. The van der Waals surface area contributed by atoms with Crippen molar-refractivity contribution in [1.82, 2.24) is 0 Å². The predicted octanol–water partition coefficient (Wildman–Crippen LogP) is 3.64. The summed E-state index contributed by atoms with van der Waals surface area (Å²) in [5, 5.41) is 3.75. The second-order valence-corrected chi connectivity index (χ2v) is 6.88. The van der Waals surface area contributed by atoms with E-state index in [0.29, 0.717) is 11.0 Å². The van der Waals surface area contributed by atoms with Gasteiger partial charge >= 0.3 is 0 Å². The Morgan fingerprint density at radius 1 is 1.32 bits per heavy atom. The number of thioether (sulfide) groups is 1. The van der Waals surface area contributed by atoms with Gasteiger partial charge in [0.1, 0.15) is 4.99 Å². The lowest BCUT2D eigenvalue weighted by molar-refractivity contribution is 0.567. The highest BCUT2D eigenvalue weighted by atomic mass is 32.2. The fourth-order valence-corrected chi connectivity index (χ4v) is 3.71. The molecule has 0 amide bonds. The summed E-state index contributed by atoms with van der Waals surface area (Å²) >= 11 is 6.95. The van der Waals surface area contributed by atoms with E-state index >= 15 is 0 Å². The molecule has 3 rings (SSSR count). The Morgan fingerprint density at radius 3 is 2.42 bits per heavy atom. The molecule has 4 heteroatoms. The third-order valence-electron chi connectivity index (χ3n) is 4.07. The zero-order valence-electron chi connectivity index (χ0n) is 11.2. The van der Waals surface area contributed by atoms with Crippen molar-refractivity contribution in [2.75, 3.05) is 11.6 Å². The number of hydrogen-bond donors (Lipinski definition) is 2. The summed E-state index contributed by atoms with van der Waals surface area (Å²) in [6, 6.07) is 6.93. The van der Waals surface area contributed by atoms with Crippen LogP contribution in [0.2, 0.25) is 0 Å². The Hall–Kier alpha value is -0.740. The van der Waals surface area contributed by atoms with Gasteiger partial charge in [-0.05, 0) is 55.9 Å². The van der Waals surface area contributed by atoms with Crippen molar-refractivity contribution in [2.24, 2.45) is 17.6 Å². The molecule has 2 fully saturated rings. The van der Waals surface area contributed by atoms with E-state index in [1.807, 2.05) is 0 Å². The van der Waals surface area contributed by atoms with Gasteiger partial charge < -0.3 is 11.1 Å². The van der Waals surface area contributed by atoms with Gasteiger partial charge in [0.25, 0.3) is 0 Å². The quantitative estimate of drug-likeness (QED) is 0.620. The van der Waals surface area contributed by atoms with Gasteiger partial charge in [-0.1, -0.05) is 18.3 Å². The van der Waals surface area contributed by atoms with Crippen molar-refractivity contribution >= 4 is 34.7 Å². The van der Waals surface area contributed by atoms with Crippen molar-refractivity contribution in [2.45, 2.75) is 36.6 Å². The molecule has 0 heterocycles. The lowest BCUT2D eigenvalue weighted by Crippen LogP contribution is -2.26. The maximum Gasteiger partial charge on any atom is 0.107 e. The monoisotopic (exact) mass is 292 g/mol. The van der Waals surface area contributed by atoms with Crippen LogP contribution in [-0.4, -0.2) is 17.3 Å². The molecule has 2 saturated carbocycles. The first-order valence-corrected chi connectivity index (χ1v) is 8.57. The Labute approximate surface area is 124 Å². The summed E-state index contributed by atoms with van der Waals surface area (Å²) in [7, 11) is 0. The molecule has 19 heavy (non-hydrogen) atoms. The van der Waals surface area contributed by atoms with Gasteiger partial charge in [-0.15, -0.1) is 11.8 Å². The summed E-state index contributed by atoms with van der Waals surface area (Å²) in [6.45, 7) is 0. The SMILES string of the molecule is CSc1cccc(NC(C2CC2)C2CC2)c1C(N)=S. The molecule has 3 N–H and O–H groups in total. The minimum absolute atomic E-state index is 0.498. The van der Waals surface area contributed by atoms with Crippen molar-refractivity contribution in [3.63, 3.8) is 0 Å². The molecule has 0 unspecified atom stereocenters. The summed E-state index contributed by atoms with van der Waals surface area (Å²) < 4.78 is 0. The van der Waals surface area contributed by atoms with Gasteiger partial charge in [-0.2, -0.15) is 0 Å². The van der Waals surface area contributed by atoms with E-state index in [2.05, 4.69) is 29.8 Å². The van der Waals surface area contributed by atoms with E-state index in [9.17, 15) is 0 Å². The van der Waals surface area contributed by atoms with E-state index in [1.54, 1.807) is 11.8 Å². The second-order valence-electron chi connectivity index (χ2n) is 5.59. The average molecular weight is 292 g/mol. The number of thiocarbonyl (C=S) groups is 1. The normalized spacial score (nSPS) is 18.6. The van der Waals surface area contributed by atoms with Crippen LogP contribution in [0.25, 0.3) is 0 Å². The number of nitrogens with one attached hydrogen (secondary N) is 1. The fraction of sp³-hybridized carbons (Fsp3) is 0.533. The van der Waals surface area contributed by atoms with E-state index in [1.165, 1.54) is 30.6 Å². The van der Waals surface area contributed by atoms with Crippen LogP contribution in [0.15, 0.2) is 23.1 Å². The molecule has 0 aromatic heterocycles. The van der Waals surface area contributed by atoms with Gasteiger partial charge in [0.15, 0.2) is 0 Å². The number of anilines is 1. The smallest absolute Gasteiger partial charge is 0.107 e. The Balaban J connectivity index is 1.88. The molecule has 2 aliphatic rings. The van der Waals surface area contributed by atoms with Gasteiger partial charge in [-0.3, -0.25) is 0 Å². The zero-order chi connectivity index (χ0) is 13.4. The minimum atomic E-state index is 0.498. The number of benzene rings is 1. The van der Waals surface area contributed by atoms with Crippen LogP contribution >= 0.6 is 24.0 Å². The Morgan fingerprint density at radius 2 is 1.95 bits per heavy atom. The van der Waals surface area contributed by atoms with E-state index in [0.717, 1.165) is 23.1 Å². The van der Waals surface area contributed by atoms with E-state index in [4.69, 9.17) is 18.0 Å². The molecule has 1 aromatic carbocycles. The summed E-state index contributed by atoms with van der Waals surface area (Å²) in [5.74, 6) is 1.73. The lowest BCUT2D eigenvalue weighted by Gasteiger charge is -2.22. The van der Waals surface area contributed by atoms with Crippen LogP contribution in [0.5, 0.6) is 0 Å². The summed E-state index contributed by atoms with van der Waals surface area (Å²) in [5.41, 5.74) is 8.08. The molecule has 1 aromatic rings. The molecule has 2 aliphatic carbocycles. The Bertz CT molecular complexity index is 481. The third kappa shape index (κ3) is 2.90. The number of nitrogens with two attached hydrogens (primary N) is 1. The van der Waals surface area contributed by atoms with Crippen LogP contribution in [0.4, 0.5) is 5.69 Å². The van der Waals surface area contributed by atoms with Gasteiger partial charge in [0.2, 0.25) is 0 Å². The molecule has 2 nitrogen and oxygen atoms in total. The highest BCUT2D eigenvalue weighted by Crippen LogP contribution is 2.46. The van der Waals surface area contributed by atoms with Crippen molar-refractivity contribution in [1.29, 1.82) is 0 Å². The first-order chi connectivity index (χ1) is 9.20. The molecular weight excluding hydrogens is 272 g/mol. The minimum Gasteiger partial charge on any atom is -0.389 e. The molecule has 0 atom stereocenters. The van der Waals surface area contributed by atoms with Crippen LogP contribution in [0.1, 0.15) is 31.2 Å². The summed E-state index contributed by atoms with van der Waals surface area (Å²) in [4.78, 5) is 1.67. The van der Waals surface area contributed by atoms with E-state index in [-0.39, 0.29) is 0 Å². The average Bonchev–Trinajstić information content (AvgIpc) is 3.28. The van der Waals surface area contributed by atoms with Crippen LogP contribution in [-0.2, 0) is 0 Å². The lowest BCUT2D eigenvalue weighted by atomic mass is 10.1. The largest absolute Gasteiger partial charge is 0.389 e. The van der Waals surface area contributed by atoms with Crippen LogP contribution in [0.3, 0.4) is 0 Å². The highest BCUT2D eigenvalue weighted by molar-refractivity contribution is 7.98. The van der Waals surface area contributed by atoms with Crippen molar-refractivity contribution < 1.29 is 0 Å². The maximum absolute atomic E-state index is 5.93. The molecule has 0 bridgehead atoms. The van der Waals surface area contributed by atoms with Crippen molar-refractivity contribution in [3.8, 4) is 0 Å². The van der Waals surface area contributed by atoms with Crippen molar-refractivity contribution in [3.05, 3.63) is 23.8 Å². The zero-order valence-corrected chi connectivity index (χ0v) is 12.8. The topological polar surface area (TPSA) is 38.0 Å². The predicted molar refractivity (Wildman–Crippen MR) is 87.0 cm³/mol. The van der Waals surface area contributed by atoms with Gasteiger partial charge in [0.05, 0.1) is 0 Å². The van der Waals surface area contributed by atoms with Crippen LogP contribution < -0.4 is 11.1 Å². The number of hydrogen-bond acceptors (Lipinski definition) is 3. The molecular formula is C15H20N2S2. The van der Waals surface area contributed by atoms with Gasteiger partial charge in [-0.25, -0.2) is 0 Å². The maximum atomic E-state index is 5.93. The molecule has 102 valence electrons.